The van der Waals surface area contributed by atoms with Crippen molar-refractivity contribution in [3.8, 4) is 0 Å². The van der Waals surface area contributed by atoms with Crippen LogP contribution in [0.1, 0.15) is 52.9 Å². The maximum Gasteiger partial charge on any atom is 0.236 e. The number of nitrogens with one attached hydrogen (secondary N) is 1. The molecule has 4 heteroatoms. The average Bonchev–Trinajstić information content (AvgIpc) is 2.35. The summed E-state index contributed by atoms with van der Waals surface area (Å²) in [6.07, 6.45) is 5.76. The summed E-state index contributed by atoms with van der Waals surface area (Å²) in [5.41, 5.74) is 5.84. The van der Waals surface area contributed by atoms with Gasteiger partial charge in [-0.1, -0.05) is 20.3 Å². The fourth-order valence-electron chi connectivity index (χ4n) is 2.73. The van der Waals surface area contributed by atoms with Gasteiger partial charge in [-0.2, -0.15) is 0 Å². The van der Waals surface area contributed by atoms with E-state index in [0.29, 0.717) is 12.0 Å². The Bertz CT molecular complexity index is 268. The molecule has 2 atom stereocenters. The van der Waals surface area contributed by atoms with Gasteiger partial charge in [0.15, 0.2) is 0 Å². The summed E-state index contributed by atoms with van der Waals surface area (Å²) in [5, 5.41) is 2.95. The first kappa shape index (κ1) is 16.4. The number of hydrogen-bond acceptors (Lipinski definition) is 3. The fourth-order valence-corrected chi connectivity index (χ4v) is 2.73. The highest BCUT2D eigenvalue weighted by molar-refractivity contribution is 5.81. The normalized spacial score (nSPS) is 22.5. The number of rotatable bonds is 7. The molecule has 0 radical (unpaired) electrons. The lowest BCUT2D eigenvalue weighted by Gasteiger charge is -2.33. The molecule has 1 fully saturated rings. The first-order valence-electron chi connectivity index (χ1n) is 7.78. The van der Waals surface area contributed by atoms with E-state index in [0.717, 1.165) is 25.9 Å². The highest BCUT2D eigenvalue weighted by Crippen LogP contribution is 2.16. The monoisotopic (exact) mass is 269 g/mol. The van der Waals surface area contributed by atoms with E-state index < -0.39 is 0 Å². The molecule has 3 N–H and O–H groups in total. The predicted octanol–water partition coefficient (Wildman–Crippen LogP) is 1.74. The first-order chi connectivity index (χ1) is 9.00. The number of amides is 1. The van der Waals surface area contributed by atoms with E-state index in [9.17, 15) is 4.79 Å². The second-order valence-electron chi connectivity index (χ2n) is 6.26. The summed E-state index contributed by atoms with van der Waals surface area (Å²) in [7, 11) is 0. The molecule has 112 valence electrons. The number of nitrogens with two attached hydrogens (primary N) is 1. The summed E-state index contributed by atoms with van der Waals surface area (Å²) < 4.78 is 0. The molecular formula is C15H31N3O. The van der Waals surface area contributed by atoms with Crippen molar-refractivity contribution in [2.24, 2.45) is 11.7 Å². The van der Waals surface area contributed by atoms with Crippen LogP contribution in [0, 0.1) is 5.92 Å². The van der Waals surface area contributed by atoms with Gasteiger partial charge in [-0.05, 0) is 45.1 Å². The molecule has 0 aliphatic carbocycles. The number of piperidine rings is 1. The van der Waals surface area contributed by atoms with Crippen LogP contribution in [-0.2, 0) is 4.79 Å². The average molecular weight is 269 g/mol. The van der Waals surface area contributed by atoms with E-state index in [-0.39, 0.29) is 11.9 Å². The van der Waals surface area contributed by atoms with E-state index in [4.69, 9.17) is 5.73 Å². The molecule has 1 unspecified atom stereocenters. The number of nitrogens with zero attached hydrogens (tertiary/aromatic N) is 1. The molecule has 0 aromatic heterocycles. The van der Waals surface area contributed by atoms with Gasteiger partial charge in [0.25, 0.3) is 0 Å². The third-order valence-corrected chi connectivity index (χ3v) is 3.92. The maximum atomic E-state index is 11.7. The van der Waals surface area contributed by atoms with E-state index >= 15 is 0 Å². The van der Waals surface area contributed by atoms with Gasteiger partial charge in [-0.3, -0.25) is 4.79 Å². The van der Waals surface area contributed by atoms with Crippen LogP contribution >= 0.6 is 0 Å². The Morgan fingerprint density at radius 2 is 2.16 bits per heavy atom. The van der Waals surface area contributed by atoms with Crippen molar-refractivity contribution >= 4 is 5.91 Å². The molecule has 0 aromatic rings. The van der Waals surface area contributed by atoms with E-state index in [2.05, 4.69) is 31.0 Å². The fraction of sp³-hybridized carbons (Fsp3) is 0.933. The molecule has 0 aromatic carbocycles. The number of likely N-dealkylation sites (tertiary alicyclic amines) is 1. The van der Waals surface area contributed by atoms with Crippen molar-refractivity contribution in [1.82, 2.24) is 10.2 Å². The number of hydrogen-bond donors (Lipinski definition) is 2. The van der Waals surface area contributed by atoms with Crippen LogP contribution in [0.25, 0.3) is 0 Å². The summed E-state index contributed by atoms with van der Waals surface area (Å²) >= 11 is 0. The molecule has 1 aliphatic rings. The molecule has 0 bridgehead atoms. The highest BCUT2D eigenvalue weighted by Gasteiger charge is 2.18. The Morgan fingerprint density at radius 1 is 1.42 bits per heavy atom. The molecular weight excluding hydrogens is 238 g/mol. The minimum atomic E-state index is -0.353. The lowest BCUT2D eigenvalue weighted by molar-refractivity contribution is -0.122. The quantitative estimate of drug-likeness (QED) is 0.692. The van der Waals surface area contributed by atoms with Crippen LogP contribution in [0.2, 0.25) is 0 Å². The minimum Gasteiger partial charge on any atom is -0.355 e. The van der Waals surface area contributed by atoms with Crippen LogP contribution in [0.3, 0.4) is 0 Å². The Kier molecular flexibility index (Phi) is 7.39. The second kappa shape index (κ2) is 8.54. The van der Waals surface area contributed by atoms with Crippen molar-refractivity contribution in [2.75, 3.05) is 19.6 Å². The van der Waals surface area contributed by atoms with Crippen LogP contribution in [0.15, 0.2) is 0 Å². The van der Waals surface area contributed by atoms with E-state index in [1.165, 1.54) is 25.8 Å². The summed E-state index contributed by atoms with van der Waals surface area (Å²) in [5.74, 6) is 0.468. The van der Waals surface area contributed by atoms with Crippen molar-refractivity contribution in [1.29, 1.82) is 0 Å². The zero-order valence-electron chi connectivity index (χ0n) is 12.8. The number of carbonyl (C=O) groups excluding carboxylic acids is 1. The first-order valence-corrected chi connectivity index (χ1v) is 7.78. The van der Waals surface area contributed by atoms with Crippen molar-refractivity contribution in [3.05, 3.63) is 0 Å². The molecule has 0 saturated carbocycles. The minimum absolute atomic E-state index is 0.000364. The lowest BCUT2D eigenvalue weighted by Crippen LogP contribution is -2.43. The van der Waals surface area contributed by atoms with Crippen molar-refractivity contribution in [2.45, 2.75) is 65.0 Å². The predicted molar refractivity (Wildman–Crippen MR) is 79.9 cm³/mol. The van der Waals surface area contributed by atoms with Crippen LogP contribution in [0.5, 0.6) is 0 Å². The molecule has 1 saturated heterocycles. The van der Waals surface area contributed by atoms with Crippen LogP contribution in [0.4, 0.5) is 0 Å². The Labute approximate surface area is 118 Å². The van der Waals surface area contributed by atoms with Gasteiger partial charge in [0.2, 0.25) is 5.91 Å². The van der Waals surface area contributed by atoms with Gasteiger partial charge < -0.3 is 16.0 Å². The second-order valence-corrected chi connectivity index (χ2v) is 6.26. The molecule has 1 rings (SSSR count). The van der Waals surface area contributed by atoms with Gasteiger partial charge in [-0.25, -0.2) is 0 Å². The molecule has 19 heavy (non-hydrogen) atoms. The van der Waals surface area contributed by atoms with Gasteiger partial charge in [0, 0.05) is 19.1 Å². The van der Waals surface area contributed by atoms with Crippen molar-refractivity contribution < 1.29 is 4.79 Å². The standard InChI is InChI=1S/C15H31N3O/c1-12(2)11-14(16)15(19)17-8-6-10-18-9-5-4-7-13(18)3/h12-14H,4-11,16H2,1-3H3,(H,17,19)/t13?,14-/m1/s1. The van der Waals surface area contributed by atoms with Crippen molar-refractivity contribution in [3.63, 3.8) is 0 Å². The molecule has 4 nitrogen and oxygen atoms in total. The van der Waals surface area contributed by atoms with Gasteiger partial charge in [-0.15, -0.1) is 0 Å². The van der Waals surface area contributed by atoms with E-state index in [1.807, 2.05) is 0 Å². The zero-order valence-corrected chi connectivity index (χ0v) is 12.8. The lowest BCUT2D eigenvalue weighted by atomic mass is 10.0. The largest absolute Gasteiger partial charge is 0.355 e. The SMILES string of the molecule is CC(C)C[C@@H](N)C(=O)NCCCN1CCCCC1C. The van der Waals surface area contributed by atoms with Gasteiger partial charge in [0.05, 0.1) is 6.04 Å². The third-order valence-electron chi connectivity index (χ3n) is 3.92. The molecule has 1 heterocycles. The van der Waals surface area contributed by atoms with Gasteiger partial charge in [0.1, 0.15) is 0 Å². The smallest absolute Gasteiger partial charge is 0.236 e. The van der Waals surface area contributed by atoms with Crippen LogP contribution in [-0.4, -0.2) is 42.5 Å². The van der Waals surface area contributed by atoms with Gasteiger partial charge >= 0.3 is 0 Å². The molecule has 0 spiro atoms. The Morgan fingerprint density at radius 3 is 2.79 bits per heavy atom. The Hall–Kier alpha value is -0.610. The topological polar surface area (TPSA) is 58.4 Å². The summed E-state index contributed by atoms with van der Waals surface area (Å²) in [4.78, 5) is 14.3. The number of carbonyl (C=O) groups is 1. The molecule has 1 aliphatic heterocycles. The van der Waals surface area contributed by atoms with Crippen LogP contribution < -0.4 is 11.1 Å². The Balaban J connectivity index is 2.11. The zero-order chi connectivity index (χ0) is 14.3. The molecule has 1 amide bonds. The third kappa shape index (κ3) is 6.39. The van der Waals surface area contributed by atoms with E-state index in [1.54, 1.807) is 0 Å². The maximum absolute atomic E-state index is 11.7. The summed E-state index contributed by atoms with van der Waals surface area (Å²) in [6, 6.07) is 0.349. The summed E-state index contributed by atoms with van der Waals surface area (Å²) in [6.45, 7) is 9.52. The highest BCUT2D eigenvalue weighted by atomic mass is 16.2.